The molecular weight excluding hydrogens is 564 g/mol. The predicted molar refractivity (Wildman–Crippen MR) is 133 cm³/mol. The Kier molecular flexibility index (Phi) is 12.2. The fraction of sp³-hybridized carbons (Fsp3) is 1.00. The van der Waals surface area contributed by atoms with Crippen molar-refractivity contribution in [1.29, 1.82) is 0 Å². The molecule has 216 valence electrons. The predicted octanol–water partition coefficient (Wildman–Crippen LogP) is -1.60. The van der Waals surface area contributed by atoms with Crippen LogP contribution in [0.25, 0.3) is 0 Å². The van der Waals surface area contributed by atoms with Gasteiger partial charge in [-0.2, -0.15) is 0 Å². The summed E-state index contributed by atoms with van der Waals surface area (Å²) in [5, 5.41) is 8.85. The SMILES string of the molecule is CC(C1NCCNCCNCCN(C(C)P(=O)(O)O)C1(C(C)P(=O)(O)O)C(C)P(=O)(O)O)P(=O)(O)O. The molecule has 0 amide bonds. The van der Waals surface area contributed by atoms with E-state index < -0.39 is 64.7 Å². The van der Waals surface area contributed by atoms with E-state index in [1.165, 1.54) is 0 Å². The third kappa shape index (κ3) is 8.22. The molecule has 0 aromatic heterocycles. The van der Waals surface area contributed by atoms with Crippen LogP contribution in [0.3, 0.4) is 0 Å². The lowest BCUT2D eigenvalue weighted by atomic mass is 9.79. The number of rotatable bonds is 8. The first-order chi connectivity index (χ1) is 16.1. The van der Waals surface area contributed by atoms with Crippen molar-refractivity contribution in [3.8, 4) is 0 Å². The van der Waals surface area contributed by atoms with Crippen LogP contribution in [0.2, 0.25) is 0 Å². The Morgan fingerprint density at radius 2 is 1.08 bits per heavy atom. The Balaban J connectivity index is 4.25. The van der Waals surface area contributed by atoms with Crippen LogP contribution >= 0.6 is 30.4 Å². The number of hydrogen-bond acceptors (Lipinski definition) is 8. The van der Waals surface area contributed by atoms with Crippen molar-refractivity contribution in [2.75, 3.05) is 39.3 Å². The maximum atomic E-state index is 12.7. The maximum absolute atomic E-state index is 12.7. The smallest absolute Gasteiger partial charge is 0.324 e. The van der Waals surface area contributed by atoms with Crippen molar-refractivity contribution in [3.63, 3.8) is 0 Å². The molecule has 0 bridgehead atoms. The lowest BCUT2D eigenvalue weighted by Gasteiger charge is -2.58. The molecule has 1 aliphatic heterocycles. The Morgan fingerprint density at radius 1 is 0.667 bits per heavy atom. The Morgan fingerprint density at radius 3 is 1.47 bits per heavy atom. The quantitative estimate of drug-likeness (QED) is 0.139. The first-order valence-electron chi connectivity index (χ1n) is 11.2. The van der Waals surface area contributed by atoms with Crippen LogP contribution in [0.15, 0.2) is 0 Å². The zero-order valence-corrected chi connectivity index (χ0v) is 24.2. The highest BCUT2D eigenvalue weighted by Crippen LogP contribution is 2.62. The van der Waals surface area contributed by atoms with Crippen LogP contribution in [0, 0.1) is 0 Å². The second-order valence-corrected chi connectivity index (χ2v) is 16.9. The molecule has 36 heavy (non-hydrogen) atoms. The van der Waals surface area contributed by atoms with Crippen molar-refractivity contribution in [2.45, 2.75) is 62.0 Å². The van der Waals surface area contributed by atoms with Gasteiger partial charge in [0.1, 0.15) is 5.78 Å². The molecule has 5 unspecified atom stereocenters. The second kappa shape index (κ2) is 12.7. The summed E-state index contributed by atoms with van der Waals surface area (Å²) in [5.41, 5.74) is -8.41. The van der Waals surface area contributed by atoms with Gasteiger partial charge in [0.05, 0.1) is 22.5 Å². The van der Waals surface area contributed by atoms with Crippen LogP contribution in [0.4, 0.5) is 0 Å². The summed E-state index contributed by atoms with van der Waals surface area (Å²) in [4.78, 5) is 82.5. The summed E-state index contributed by atoms with van der Waals surface area (Å²) < 4.78 is 50.4. The summed E-state index contributed by atoms with van der Waals surface area (Å²) in [6, 6.07) is -1.74. The van der Waals surface area contributed by atoms with Crippen LogP contribution in [0.5, 0.6) is 0 Å². The van der Waals surface area contributed by atoms with Gasteiger partial charge < -0.3 is 55.1 Å². The Labute approximate surface area is 210 Å². The molecule has 1 saturated heterocycles. The molecule has 0 aromatic carbocycles. The normalized spacial score (nSPS) is 28.4. The number of hydrogen-bond donors (Lipinski definition) is 11. The van der Waals surface area contributed by atoms with E-state index in [2.05, 4.69) is 16.0 Å². The summed E-state index contributed by atoms with van der Waals surface area (Å²) >= 11 is 0. The van der Waals surface area contributed by atoms with Gasteiger partial charge in [0, 0.05) is 45.3 Å². The average molecular weight is 604 g/mol. The molecular formula is C16H40N4O12P4. The van der Waals surface area contributed by atoms with E-state index in [1.807, 2.05) is 0 Å². The van der Waals surface area contributed by atoms with Crippen molar-refractivity contribution in [3.05, 3.63) is 0 Å². The molecule has 0 aromatic rings. The minimum Gasteiger partial charge on any atom is -0.324 e. The second-order valence-electron chi connectivity index (χ2n) is 9.09. The van der Waals surface area contributed by atoms with Crippen LogP contribution in [-0.2, 0) is 18.3 Å². The minimum atomic E-state index is -5.32. The summed E-state index contributed by atoms with van der Waals surface area (Å²) in [6.45, 7) is 4.68. The Bertz CT molecular complexity index is 845. The molecule has 0 spiro atoms. The van der Waals surface area contributed by atoms with Crippen molar-refractivity contribution in [1.82, 2.24) is 20.9 Å². The molecule has 1 rings (SSSR count). The van der Waals surface area contributed by atoms with E-state index in [0.29, 0.717) is 13.1 Å². The number of nitrogens with zero attached hydrogens (tertiary/aromatic N) is 1. The van der Waals surface area contributed by atoms with E-state index in [9.17, 15) is 57.4 Å². The van der Waals surface area contributed by atoms with Gasteiger partial charge in [0.15, 0.2) is 0 Å². The van der Waals surface area contributed by atoms with Crippen LogP contribution in [-0.4, -0.2) is 118 Å². The molecule has 1 heterocycles. The molecule has 1 fully saturated rings. The first kappa shape index (κ1) is 34.5. The molecule has 20 heteroatoms. The maximum Gasteiger partial charge on any atom is 0.342 e. The molecule has 16 nitrogen and oxygen atoms in total. The molecule has 0 saturated carbocycles. The minimum absolute atomic E-state index is 0.0213. The molecule has 5 atom stereocenters. The van der Waals surface area contributed by atoms with Gasteiger partial charge >= 0.3 is 30.4 Å². The van der Waals surface area contributed by atoms with E-state index in [4.69, 9.17) is 0 Å². The first-order valence-corrected chi connectivity index (χ1v) is 18.0. The lowest BCUT2D eigenvalue weighted by molar-refractivity contribution is 0.0186. The van der Waals surface area contributed by atoms with Gasteiger partial charge in [0.2, 0.25) is 0 Å². The largest absolute Gasteiger partial charge is 0.342 e. The molecule has 0 radical (unpaired) electrons. The van der Waals surface area contributed by atoms with Crippen molar-refractivity contribution < 1.29 is 57.4 Å². The van der Waals surface area contributed by atoms with Crippen LogP contribution in [0.1, 0.15) is 27.7 Å². The standard InChI is InChI=1S/C16H40N4O12P4/c1-11(33(21,22)23)15-16(12(2)34(24,25)26,13(3)35(27,28)29)20(14(4)36(30,31)32)10-9-18-6-5-17-7-8-19-15/h11-15,17-19H,5-10H2,1-4H3,(H2,21,22,23)(H2,24,25,26)(H2,27,28,29)(H2,30,31,32). The van der Waals surface area contributed by atoms with E-state index in [0.717, 1.165) is 32.6 Å². The highest BCUT2D eigenvalue weighted by molar-refractivity contribution is 7.54. The van der Waals surface area contributed by atoms with Gasteiger partial charge in [-0.15, -0.1) is 0 Å². The lowest BCUT2D eigenvalue weighted by Crippen LogP contribution is -2.75. The summed E-state index contributed by atoms with van der Waals surface area (Å²) in [7, 11) is -20.8. The third-order valence-corrected chi connectivity index (χ3v) is 12.4. The average Bonchev–Trinajstić information content (AvgIpc) is 2.69. The van der Waals surface area contributed by atoms with Gasteiger partial charge in [-0.25, -0.2) is 0 Å². The summed E-state index contributed by atoms with van der Waals surface area (Å²) in [5.74, 6) is -1.84. The highest BCUT2D eigenvalue weighted by Gasteiger charge is 2.65. The van der Waals surface area contributed by atoms with Crippen molar-refractivity contribution in [2.24, 2.45) is 0 Å². The van der Waals surface area contributed by atoms with E-state index in [-0.39, 0.29) is 26.2 Å². The fourth-order valence-electron chi connectivity index (χ4n) is 4.81. The van der Waals surface area contributed by atoms with Crippen LogP contribution < -0.4 is 16.0 Å². The van der Waals surface area contributed by atoms with Gasteiger partial charge in [0.25, 0.3) is 0 Å². The monoisotopic (exact) mass is 604 g/mol. The van der Waals surface area contributed by atoms with E-state index in [1.54, 1.807) is 0 Å². The molecule has 0 aliphatic carbocycles. The van der Waals surface area contributed by atoms with Crippen molar-refractivity contribution >= 4 is 30.4 Å². The molecule has 11 N–H and O–H groups in total. The zero-order valence-electron chi connectivity index (χ0n) is 20.6. The Hall–Kier alpha value is 0.440. The molecule has 1 aliphatic rings. The fourth-order valence-corrected chi connectivity index (χ4v) is 8.48. The van der Waals surface area contributed by atoms with E-state index >= 15 is 0 Å². The highest BCUT2D eigenvalue weighted by atomic mass is 31.2. The number of nitrogens with one attached hydrogen (secondary N) is 3. The zero-order chi connectivity index (χ0) is 28.3. The summed E-state index contributed by atoms with van der Waals surface area (Å²) in [6.07, 6.45) is 0. The van der Waals surface area contributed by atoms with Gasteiger partial charge in [-0.05, 0) is 27.7 Å². The van der Waals surface area contributed by atoms with Gasteiger partial charge in [-0.1, -0.05) is 0 Å². The van der Waals surface area contributed by atoms with Gasteiger partial charge in [-0.3, -0.25) is 23.2 Å². The topological polar surface area (TPSA) is 269 Å². The third-order valence-electron chi connectivity index (χ3n) is 6.97.